The van der Waals surface area contributed by atoms with E-state index in [1.54, 1.807) is 36.5 Å². The summed E-state index contributed by atoms with van der Waals surface area (Å²) in [6, 6.07) is 5.04. The Morgan fingerprint density at radius 2 is 2.24 bits per heavy atom. The van der Waals surface area contributed by atoms with Gasteiger partial charge in [-0.1, -0.05) is 29.3 Å². The van der Waals surface area contributed by atoms with Crippen LogP contribution in [0.25, 0.3) is 0 Å². The predicted molar refractivity (Wildman–Crippen MR) is 85.2 cm³/mol. The monoisotopic (exact) mass is 344 g/mol. The number of carbonyl (C=O) groups excluding carboxylic acids is 1. The number of thiazole rings is 1. The number of ether oxygens (including phenoxy) is 1. The number of amides is 1. The molecule has 0 aliphatic rings. The fourth-order valence-corrected chi connectivity index (χ4v) is 2.58. The third-order valence-electron chi connectivity index (χ3n) is 2.70. The minimum Gasteiger partial charge on any atom is -0.479 e. The lowest BCUT2D eigenvalue weighted by Crippen LogP contribution is -2.36. The van der Waals surface area contributed by atoms with Gasteiger partial charge in [-0.2, -0.15) is 0 Å². The van der Waals surface area contributed by atoms with Crippen molar-refractivity contribution in [2.75, 3.05) is 0 Å². The molecule has 0 aliphatic heterocycles. The topological polar surface area (TPSA) is 51.2 Å². The summed E-state index contributed by atoms with van der Waals surface area (Å²) in [5.74, 6) is 0.146. The molecule has 1 aromatic carbocycles. The first-order valence-corrected chi connectivity index (χ1v) is 7.90. The lowest BCUT2D eigenvalue weighted by Gasteiger charge is -2.15. The van der Waals surface area contributed by atoms with Gasteiger partial charge in [-0.15, -0.1) is 11.3 Å². The van der Waals surface area contributed by atoms with Crippen molar-refractivity contribution in [2.45, 2.75) is 26.5 Å². The van der Waals surface area contributed by atoms with E-state index in [9.17, 15) is 4.79 Å². The Morgan fingerprint density at radius 3 is 2.90 bits per heavy atom. The number of halogens is 2. The van der Waals surface area contributed by atoms with Crippen LogP contribution < -0.4 is 10.1 Å². The summed E-state index contributed by atoms with van der Waals surface area (Å²) in [4.78, 5) is 16.3. The normalized spacial score (nSPS) is 12.0. The third kappa shape index (κ3) is 4.33. The zero-order valence-electron chi connectivity index (χ0n) is 11.5. The van der Waals surface area contributed by atoms with Gasteiger partial charge in [0, 0.05) is 5.38 Å². The number of hydrogen-bond acceptors (Lipinski definition) is 4. The maximum absolute atomic E-state index is 12.0. The van der Waals surface area contributed by atoms with E-state index in [0.717, 1.165) is 10.7 Å². The van der Waals surface area contributed by atoms with E-state index < -0.39 is 6.10 Å². The van der Waals surface area contributed by atoms with Crippen molar-refractivity contribution in [1.29, 1.82) is 0 Å². The summed E-state index contributed by atoms with van der Waals surface area (Å²) < 4.78 is 5.54. The molecule has 7 heteroatoms. The molecule has 0 saturated carbocycles. The highest BCUT2D eigenvalue weighted by Gasteiger charge is 2.17. The molecular weight excluding hydrogens is 331 g/mol. The molecule has 112 valence electrons. The maximum Gasteiger partial charge on any atom is 0.261 e. The van der Waals surface area contributed by atoms with Crippen LogP contribution in [0.4, 0.5) is 0 Å². The van der Waals surface area contributed by atoms with Crippen molar-refractivity contribution < 1.29 is 9.53 Å². The molecule has 4 nitrogen and oxygen atoms in total. The predicted octanol–water partition coefficient (Wildman–Crippen LogP) is 3.84. The minimum atomic E-state index is -0.680. The van der Waals surface area contributed by atoms with Crippen molar-refractivity contribution in [3.05, 3.63) is 44.3 Å². The van der Waals surface area contributed by atoms with E-state index in [2.05, 4.69) is 10.3 Å². The molecule has 1 heterocycles. The number of nitrogens with zero attached hydrogens (tertiary/aromatic N) is 1. The standard InChI is InChI=1S/C14H14Cl2N2O2S/c1-8(20-12-5-3-4-11(15)13(12)16)14(19)17-6-10-7-21-9(2)18-10/h3-5,7-8H,6H2,1-2H3,(H,17,19)/t8-/m0/s1. The van der Waals surface area contributed by atoms with Gasteiger partial charge < -0.3 is 10.1 Å². The second-order valence-electron chi connectivity index (χ2n) is 4.39. The number of carbonyl (C=O) groups is 1. The smallest absolute Gasteiger partial charge is 0.261 e. The van der Waals surface area contributed by atoms with Crippen LogP contribution in [0.3, 0.4) is 0 Å². The molecule has 0 unspecified atom stereocenters. The number of aromatic nitrogens is 1. The molecule has 0 aliphatic carbocycles. The molecular formula is C14H14Cl2N2O2S. The van der Waals surface area contributed by atoms with E-state index in [0.29, 0.717) is 22.3 Å². The van der Waals surface area contributed by atoms with Crippen molar-refractivity contribution in [3.63, 3.8) is 0 Å². The third-order valence-corrected chi connectivity index (χ3v) is 4.32. The van der Waals surface area contributed by atoms with Gasteiger partial charge in [0.05, 0.1) is 22.3 Å². The van der Waals surface area contributed by atoms with Crippen molar-refractivity contribution in [2.24, 2.45) is 0 Å². The Balaban J connectivity index is 1.92. The average Bonchev–Trinajstić information content (AvgIpc) is 2.87. The Bertz CT molecular complexity index is 646. The van der Waals surface area contributed by atoms with Crippen LogP contribution in [0.5, 0.6) is 5.75 Å². The zero-order valence-corrected chi connectivity index (χ0v) is 13.9. The largest absolute Gasteiger partial charge is 0.479 e. The van der Waals surface area contributed by atoms with Gasteiger partial charge in [0.15, 0.2) is 6.10 Å². The molecule has 2 aromatic rings. The molecule has 0 bridgehead atoms. The Morgan fingerprint density at radius 1 is 1.48 bits per heavy atom. The number of benzene rings is 1. The van der Waals surface area contributed by atoms with Gasteiger partial charge in [-0.25, -0.2) is 4.98 Å². The lowest BCUT2D eigenvalue weighted by molar-refractivity contribution is -0.127. The van der Waals surface area contributed by atoms with Crippen LogP contribution in [0, 0.1) is 6.92 Å². The number of rotatable bonds is 5. The van der Waals surface area contributed by atoms with Gasteiger partial charge in [-0.05, 0) is 26.0 Å². The molecule has 0 spiro atoms. The molecule has 1 amide bonds. The molecule has 2 rings (SSSR count). The van der Waals surface area contributed by atoms with E-state index in [1.807, 2.05) is 12.3 Å². The Labute approximate surface area is 137 Å². The summed E-state index contributed by atoms with van der Waals surface area (Å²) in [5, 5.41) is 6.34. The van der Waals surface area contributed by atoms with Gasteiger partial charge in [0.1, 0.15) is 10.8 Å². The fraction of sp³-hybridized carbons (Fsp3) is 0.286. The molecule has 0 saturated heterocycles. The number of aryl methyl sites for hydroxylation is 1. The van der Waals surface area contributed by atoms with Gasteiger partial charge >= 0.3 is 0 Å². The van der Waals surface area contributed by atoms with Gasteiger partial charge in [0.2, 0.25) is 0 Å². The molecule has 0 radical (unpaired) electrons. The van der Waals surface area contributed by atoms with Crippen LogP contribution >= 0.6 is 34.5 Å². The summed E-state index contributed by atoms with van der Waals surface area (Å²) in [7, 11) is 0. The first-order chi connectivity index (χ1) is 9.97. The average molecular weight is 345 g/mol. The lowest BCUT2D eigenvalue weighted by atomic mass is 10.3. The van der Waals surface area contributed by atoms with Crippen LogP contribution in [-0.2, 0) is 11.3 Å². The highest BCUT2D eigenvalue weighted by Crippen LogP contribution is 2.32. The molecule has 1 aromatic heterocycles. The van der Waals surface area contributed by atoms with Crippen LogP contribution in [0.1, 0.15) is 17.6 Å². The maximum atomic E-state index is 12.0. The highest BCUT2D eigenvalue weighted by atomic mass is 35.5. The second kappa shape index (κ2) is 7.11. The summed E-state index contributed by atoms with van der Waals surface area (Å²) in [5.41, 5.74) is 0.832. The SMILES string of the molecule is Cc1nc(CNC(=O)[C@H](C)Oc2cccc(Cl)c2Cl)cs1. The summed E-state index contributed by atoms with van der Waals surface area (Å²) in [6.45, 7) is 3.95. The summed E-state index contributed by atoms with van der Waals surface area (Å²) in [6.07, 6.45) is -0.680. The van der Waals surface area contributed by atoms with Crippen LogP contribution in [0.15, 0.2) is 23.6 Å². The van der Waals surface area contributed by atoms with Crippen molar-refractivity contribution in [1.82, 2.24) is 10.3 Å². The first kappa shape index (κ1) is 16.1. The Kier molecular flexibility index (Phi) is 5.45. The fourth-order valence-electron chi connectivity index (χ4n) is 1.63. The van der Waals surface area contributed by atoms with E-state index >= 15 is 0 Å². The second-order valence-corrected chi connectivity index (χ2v) is 6.24. The number of hydrogen-bond donors (Lipinski definition) is 1. The minimum absolute atomic E-state index is 0.239. The van der Waals surface area contributed by atoms with E-state index in [4.69, 9.17) is 27.9 Å². The van der Waals surface area contributed by atoms with E-state index in [-0.39, 0.29) is 5.91 Å². The van der Waals surface area contributed by atoms with E-state index in [1.165, 1.54) is 0 Å². The van der Waals surface area contributed by atoms with Crippen molar-refractivity contribution >= 4 is 40.4 Å². The van der Waals surface area contributed by atoms with Crippen molar-refractivity contribution in [3.8, 4) is 5.75 Å². The number of nitrogens with one attached hydrogen (secondary N) is 1. The van der Waals surface area contributed by atoms with Gasteiger partial charge in [0.25, 0.3) is 5.91 Å². The molecule has 21 heavy (non-hydrogen) atoms. The quantitative estimate of drug-likeness (QED) is 0.896. The van der Waals surface area contributed by atoms with Crippen LogP contribution in [0.2, 0.25) is 10.0 Å². The Hall–Kier alpha value is -1.30. The van der Waals surface area contributed by atoms with Gasteiger partial charge in [-0.3, -0.25) is 4.79 Å². The summed E-state index contributed by atoms with van der Waals surface area (Å²) >= 11 is 13.5. The molecule has 1 N–H and O–H groups in total. The molecule has 1 atom stereocenters. The zero-order chi connectivity index (χ0) is 15.4. The van der Waals surface area contributed by atoms with Crippen LogP contribution in [-0.4, -0.2) is 17.0 Å². The first-order valence-electron chi connectivity index (χ1n) is 6.26. The highest BCUT2D eigenvalue weighted by molar-refractivity contribution is 7.09. The molecule has 0 fully saturated rings.